The van der Waals surface area contributed by atoms with Crippen molar-refractivity contribution in [2.75, 3.05) is 20.0 Å². The molecule has 7 heteroatoms. The Kier molecular flexibility index (Phi) is 7.40. The number of amides is 1. The molecule has 0 bridgehead atoms. The minimum Gasteiger partial charge on any atom is -0.383 e. The van der Waals surface area contributed by atoms with Crippen molar-refractivity contribution in [2.24, 2.45) is 4.99 Å². The zero-order valence-electron chi connectivity index (χ0n) is 16.5. The summed E-state index contributed by atoms with van der Waals surface area (Å²) < 4.78 is 8.44. The van der Waals surface area contributed by atoms with E-state index in [0.717, 1.165) is 15.1 Å². The van der Waals surface area contributed by atoms with E-state index in [2.05, 4.69) is 47.9 Å². The molecule has 1 amide bonds. The molecule has 148 valence electrons. The van der Waals surface area contributed by atoms with E-state index in [1.165, 1.54) is 4.90 Å². The predicted octanol–water partition coefficient (Wildman–Crippen LogP) is 5.31. The first-order chi connectivity index (χ1) is 13.5. The SMILES string of the molecule is COCCn1c(=NC(=O)c2ccc(SC(C)C)cc2)sc2cc(SC)ccc21. The van der Waals surface area contributed by atoms with E-state index in [9.17, 15) is 4.79 Å². The number of thioether (sulfide) groups is 2. The Morgan fingerprint density at radius 3 is 2.54 bits per heavy atom. The molecule has 3 rings (SSSR count). The molecular formula is C21H24N2O2S3. The second-order valence-electron chi connectivity index (χ2n) is 6.47. The van der Waals surface area contributed by atoms with Gasteiger partial charge in [0, 0.05) is 34.3 Å². The van der Waals surface area contributed by atoms with Gasteiger partial charge in [0.05, 0.1) is 16.8 Å². The van der Waals surface area contributed by atoms with Gasteiger partial charge in [0.15, 0.2) is 4.80 Å². The van der Waals surface area contributed by atoms with Gasteiger partial charge in [-0.05, 0) is 48.7 Å². The van der Waals surface area contributed by atoms with Gasteiger partial charge in [-0.2, -0.15) is 4.99 Å². The van der Waals surface area contributed by atoms with Crippen molar-refractivity contribution in [2.45, 2.75) is 35.4 Å². The van der Waals surface area contributed by atoms with Gasteiger partial charge in [0.25, 0.3) is 5.91 Å². The molecule has 1 aromatic heterocycles. The highest BCUT2D eigenvalue weighted by molar-refractivity contribution is 8.00. The first-order valence-corrected chi connectivity index (χ1v) is 12.0. The lowest BCUT2D eigenvalue weighted by Gasteiger charge is -2.05. The molecule has 1 heterocycles. The van der Waals surface area contributed by atoms with Crippen molar-refractivity contribution < 1.29 is 9.53 Å². The van der Waals surface area contributed by atoms with Crippen LogP contribution in [0.2, 0.25) is 0 Å². The number of carbonyl (C=O) groups is 1. The fraction of sp³-hybridized carbons (Fsp3) is 0.333. The summed E-state index contributed by atoms with van der Waals surface area (Å²) in [6.07, 6.45) is 2.06. The third kappa shape index (κ3) is 5.08. The standard InChI is InChI=1S/C21H24N2O2S3/c1-14(2)27-16-7-5-15(6-8-16)20(24)22-21-23(11-12-25-3)18-10-9-17(26-4)13-19(18)28-21/h5-10,13-14H,11-12H2,1-4H3. The number of aromatic nitrogens is 1. The molecule has 28 heavy (non-hydrogen) atoms. The lowest BCUT2D eigenvalue weighted by molar-refractivity contribution is 0.0997. The lowest BCUT2D eigenvalue weighted by Crippen LogP contribution is -2.19. The molecule has 0 aliphatic carbocycles. The van der Waals surface area contributed by atoms with Crippen molar-refractivity contribution in [1.29, 1.82) is 0 Å². The van der Waals surface area contributed by atoms with Crippen molar-refractivity contribution in [3.63, 3.8) is 0 Å². The van der Waals surface area contributed by atoms with Crippen molar-refractivity contribution in [3.8, 4) is 0 Å². The number of thiazole rings is 1. The minimum atomic E-state index is -0.219. The van der Waals surface area contributed by atoms with E-state index in [1.807, 2.05) is 24.3 Å². The van der Waals surface area contributed by atoms with Gasteiger partial charge in [-0.3, -0.25) is 4.79 Å². The van der Waals surface area contributed by atoms with Crippen LogP contribution in [0.1, 0.15) is 24.2 Å². The summed E-state index contributed by atoms with van der Waals surface area (Å²) in [5, 5.41) is 0.510. The summed E-state index contributed by atoms with van der Waals surface area (Å²) in [7, 11) is 1.68. The molecule has 0 saturated heterocycles. The number of carbonyl (C=O) groups excluding carboxylic acids is 1. The third-order valence-corrected chi connectivity index (χ3v) is 6.86. The number of rotatable bonds is 7. The molecule has 0 unspecified atom stereocenters. The van der Waals surface area contributed by atoms with E-state index in [1.54, 1.807) is 42.0 Å². The highest BCUT2D eigenvalue weighted by Crippen LogP contribution is 2.25. The molecular weight excluding hydrogens is 408 g/mol. The maximum absolute atomic E-state index is 12.8. The van der Waals surface area contributed by atoms with Gasteiger partial charge in [0.2, 0.25) is 0 Å². The van der Waals surface area contributed by atoms with Gasteiger partial charge in [0.1, 0.15) is 0 Å². The van der Waals surface area contributed by atoms with E-state index in [-0.39, 0.29) is 5.91 Å². The quantitative estimate of drug-likeness (QED) is 0.474. The zero-order chi connectivity index (χ0) is 20.1. The predicted molar refractivity (Wildman–Crippen MR) is 121 cm³/mol. The summed E-state index contributed by atoms with van der Waals surface area (Å²) in [5.41, 5.74) is 1.68. The Labute approximate surface area is 178 Å². The molecule has 0 saturated carbocycles. The largest absolute Gasteiger partial charge is 0.383 e. The maximum atomic E-state index is 12.8. The van der Waals surface area contributed by atoms with Crippen LogP contribution in [-0.4, -0.2) is 35.7 Å². The highest BCUT2D eigenvalue weighted by atomic mass is 32.2. The molecule has 3 aromatic rings. The van der Waals surface area contributed by atoms with Crippen LogP contribution in [0.5, 0.6) is 0 Å². The van der Waals surface area contributed by atoms with Gasteiger partial charge >= 0.3 is 0 Å². The van der Waals surface area contributed by atoms with Crippen molar-refractivity contribution in [1.82, 2.24) is 4.57 Å². The van der Waals surface area contributed by atoms with Crippen LogP contribution in [0.15, 0.2) is 57.2 Å². The average Bonchev–Trinajstić information content (AvgIpc) is 3.02. The van der Waals surface area contributed by atoms with Gasteiger partial charge < -0.3 is 9.30 Å². The summed E-state index contributed by atoms with van der Waals surface area (Å²) in [6, 6.07) is 14.0. The molecule has 4 nitrogen and oxygen atoms in total. The molecule has 0 radical (unpaired) electrons. The molecule has 0 N–H and O–H groups in total. The van der Waals surface area contributed by atoms with E-state index in [4.69, 9.17) is 4.74 Å². The molecule has 2 aromatic carbocycles. The summed E-state index contributed by atoms with van der Waals surface area (Å²) in [4.78, 5) is 20.3. The first kappa shape index (κ1) is 21.2. The maximum Gasteiger partial charge on any atom is 0.279 e. The van der Waals surface area contributed by atoms with Crippen LogP contribution in [0, 0.1) is 0 Å². The van der Waals surface area contributed by atoms with E-state index < -0.39 is 0 Å². The van der Waals surface area contributed by atoms with Crippen molar-refractivity contribution >= 4 is 51.0 Å². The zero-order valence-corrected chi connectivity index (χ0v) is 18.9. The smallest absolute Gasteiger partial charge is 0.279 e. The summed E-state index contributed by atoms with van der Waals surface area (Å²) in [5.74, 6) is -0.219. The van der Waals surface area contributed by atoms with Gasteiger partial charge in [-0.25, -0.2) is 0 Å². The molecule has 0 aliphatic heterocycles. The number of hydrogen-bond acceptors (Lipinski definition) is 5. The van der Waals surface area contributed by atoms with Crippen LogP contribution in [0.3, 0.4) is 0 Å². The second-order valence-corrected chi connectivity index (χ2v) is 10.0. The lowest BCUT2D eigenvalue weighted by atomic mass is 10.2. The van der Waals surface area contributed by atoms with E-state index in [0.29, 0.717) is 28.8 Å². The number of benzene rings is 2. The van der Waals surface area contributed by atoms with Crippen molar-refractivity contribution in [3.05, 3.63) is 52.8 Å². The number of nitrogens with zero attached hydrogens (tertiary/aromatic N) is 2. The molecule has 0 aliphatic rings. The third-order valence-electron chi connectivity index (χ3n) is 4.08. The summed E-state index contributed by atoms with van der Waals surface area (Å²) >= 11 is 5.03. The normalized spacial score (nSPS) is 12.2. The molecule has 0 atom stereocenters. The molecule has 0 spiro atoms. The fourth-order valence-corrected chi connectivity index (χ4v) is 5.21. The monoisotopic (exact) mass is 432 g/mol. The Hall–Kier alpha value is -1.54. The first-order valence-electron chi connectivity index (χ1n) is 9.04. The number of ether oxygens (including phenoxy) is 1. The Balaban J connectivity index is 1.98. The Morgan fingerprint density at radius 2 is 1.89 bits per heavy atom. The highest BCUT2D eigenvalue weighted by Gasteiger charge is 2.10. The summed E-state index contributed by atoms with van der Waals surface area (Å²) in [6.45, 7) is 5.54. The molecule has 0 fully saturated rings. The van der Waals surface area contributed by atoms with Crippen LogP contribution < -0.4 is 4.80 Å². The average molecular weight is 433 g/mol. The Bertz CT molecular complexity index is 1020. The number of methoxy groups -OCH3 is 1. The fourth-order valence-electron chi connectivity index (χ4n) is 2.76. The second kappa shape index (κ2) is 9.78. The van der Waals surface area contributed by atoms with Crippen LogP contribution in [0.4, 0.5) is 0 Å². The van der Waals surface area contributed by atoms with Gasteiger partial charge in [-0.1, -0.05) is 25.2 Å². The van der Waals surface area contributed by atoms with Crippen LogP contribution in [0.25, 0.3) is 10.2 Å². The van der Waals surface area contributed by atoms with Crippen LogP contribution in [-0.2, 0) is 11.3 Å². The number of fused-ring (bicyclic) bond motifs is 1. The minimum absolute atomic E-state index is 0.219. The number of hydrogen-bond donors (Lipinski definition) is 0. The van der Waals surface area contributed by atoms with E-state index >= 15 is 0 Å². The van der Waals surface area contributed by atoms with Gasteiger partial charge in [-0.15, -0.1) is 23.5 Å². The van der Waals surface area contributed by atoms with Crippen LogP contribution >= 0.6 is 34.9 Å². The Morgan fingerprint density at radius 1 is 1.18 bits per heavy atom. The topological polar surface area (TPSA) is 43.6 Å².